The minimum absolute atomic E-state index is 0.0811. The van der Waals surface area contributed by atoms with Gasteiger partial charge in [-0.25, -0.2) is 4.79 Å². The van der Waals surface area contributed by atoms with Gasteiger partial charge in [0.25, 0.3) is 0 Å². The van der Waals surface area contributed by atoms with E-state index < -0.39 is 42.2 Å². The molecule has 6 N–H and O–H groups in total. The van der Waals surface area contributed by atoms with E-state index in [0.717, 1.165) is 4.57 Å². The van der Waals surface area contributed by atoms with Gasteiger partial charge in [-0.1, -0.05) is 13.8 Å². The predicted molar refractivity (Wildman–Crippen MR) is 83.6 cm³/mol. The van der Waals surface area contributed by atoms with Crippen LogP contribution < -0.4 is 16.9 Å². The maximum absolute atomic E-state index is 11.9. The number of carbonyl (C=O) groups excluding carboxylic acids is 1. The van der Waals surface area contributed by atoms with E-state index in [1.54, 1.807) is 19.3 Å². The maximum Gasteiger partial charge on any atom is 0.351 e. The maximum atomic E-state index is 11.9. The Morgan fingerprint density at radius 1 is 1.48 bits per heavy atom. The summed E-state index contributed by atoms with van der Waals surface area (Å²) in [5.41, 5.74) is 6.57. The minimum Gasteiger partial charge on any atom is -0.462 e. The summed E-state index contributed by atoms with van der Waals surface area (Å²) >= 11 is 0. The second kappa shape index (κ2) is 7.89. The molecule has 1 aliphatic rings. The lowest BCUT2D eigenvalue weighted by Gasteiger charge is -2.18. The van der Waals surface area contributed by atoms with Crippen molar-refractivity contribution in [1.29, 1.82) is 0 Å². The lowest BCUT2D eigenvalue weighted by Crippen LogP contribution is -2.40. The van der Waals surface area contributed by atoms with Crippen molar-refractivity contribution in [2.75, 3.05) is 12.1 Å². The van der Waals surface area contributed by atoms with E-state index in [4.69, 9.17) is 20.4 Å². The first-order valence-electron chi connectivity index (χ1n) is 7.69. The van der Waals surface area contributed by atoms with Crippen LogP contribution in [0.2, 0.25) is 0 Å². The molecule has 0 amide bonds. The highest BCUT2D eigenvalue weighted by atomic mass is 16.6. The summed E-state index contributed by atoms with van der Waals surface area (Å²) in [5.74, 6) is -0.855. The highest BCUT2D eigenvalue weighted by molar-refractivity contribution is 5.75. The fourth-order valence-corrected chi connectivity index (χ4v) is 2.30. The molecule has 11 heteroatoms. The fraction of sp³-hybridized carbons (Fsp3) is 0.643. The predicted octanol–water partition coefficient (Wildman–Crippen LogP) is -1.81. The zero-order valence-electron chi connectivity index (χ0n) is 13.8. The molecule has 2 rings (SSSR count). The van der Waals surface area contributed by atoms with Crippen molar-refractivity contribution >= 4 is 11.8 Å². The molecule has 5 atom stereocenters. The van der Waals surface area contributed by atoms with Gasteiger partial charge in [0, 0.05) is 6.20 Å². The van der Waals surface area contributed by atoms with Crippen LogP contribution in [0.3, 0.4) is 0 Å². The molecule has 0 spiro atoms. The molecular weight excluding hydrogens is 336 g/mol. The van der Waals surface area contributed by atoms with E-state index in [1.165, 1.54) is 12.3 Å². The monoisotopic (exact) mass is 358 g/mol. The number of nitrogens with two attached hydrogens (primary N) is 1. The normalized spacial score (nSPS) is 27.3. The van der Waals surface area contributed by atoms with Crippen molar-refractivity contribution < 1.29 is 29.7 Å². The Morgan fingerprint density at radius 3 is 2.72 bits per heavy atom. The summed E-state index contributed by atoms with van der Waals surface area (Å²) in [6.45, 7) is 3.19. The minimum atomic E-state index is -1.44. The van der Waals surface area contributed by atoms with Crippen molar-refractivity contribution in [3.05, 3.63) is 22.7 Å². The standard InChI is InChI=1S/C14H22N4O7/c1-6(2)9(15)13(21)24-5-7-10(19)11(20)12(25-7)18-4-3-8(17-23)16-14(18)22/h3-4,6-7,9-12,19-20,23H,5,15H2,1-2H3,(H,16,17,22)/t7-,9?,10-,11-,12-/m1/s1. The van der Waals surface area contributed by atoms with Gasteiger partial charge in [0.15, 0.2) is 12.0 Å². The van der Waals surface area contributed by atoms with Crippen LogP contribution in [0.4, 0.5) is 5.82 Å². The Kier molecular flexibility index (Phi) is 6.08. The number of esters is 1. The Morgan fingerprint density at radius 2 is 2.16 bits per heavy atom. The van der Waals surface area contributed by atoms with E-state index in [1.807, 2.05) is 0 Å². The molecule has 1 aromatic rings. The molecular formula is C14H22N4O7. The Labute approximate surface area is 143 Å². The summed E-state index contributed by atoms with van der Waals surface area (Å²) < 4.78 is 11.4. The van der Waals surface area contributed by atoms with Crippen molar-refractivity contribution in [3.63, 3.8) is 0 Å². The van der Waals surface area contributed by atoms with Crippen LogP contribution >= 0.6 is 0 Å². The number of rotatable bonds is 6. The third kappa shape index (κ3) is 4.14. The molecule has 1 aliphatic heterocycles. The summed E-state index contributed by atoms with van der Waals surface area (Å²) in [7, 11) is 0. The number of hydrogen-bond donors (Lipinski definition) is 5. The zero-order valence-corrected chi connectivity index (χ0v) is 13.8. The second-order valence-corrected chi connectivity index (χ2v) is 6.06. The Balaban J connectivity index is 2.06. The third-order valence-electron chi connectivity index (χ3n) is 3.94. The molecule has 11 nitrogen and oxygen atoms in total. The van der Waals surface area contributed by atoms with Crippen molar-refractivity contribution in [3.8, 4) is 0 Å². The summed E-state index contributed by atoms with van der Waals surface area (Å²) in [6.07, 6.45) is -3.83. The third-order valence-corrected chi connectivity index (χ3v) is 3.94. The molecule has 0 aromatic carbocycles. The van der Waals surface area contributed by atoms with Gasteiger partial charge in [-0.2, -0.15) is 4.98 Å². The van der Waals surface area contributed by atoms with Crippen LogP contribution in [0.25, 0.3) is 0 Å². The number of aromatic nitrogens is 2. The largest absolute Gasteiger partial charge is 0.462 e. The molecule has 1 aromatic heterocycles. The van der Waals surface area contributed by atoms with E-state index in [0.29, 0.717) is 0 Å². The van der Waals surface area contributed by atoms with Gasteiger partial charge in [0.2, 0.25) is 0 Å². The van der Waals surface area contributed by atoms with Gasteiger partial charge in [0.1, 0.15) is 31.0 Å². The first-order chi connectivity index (χ1) is 11.8. The number of nitrogens with one attached hydrogen (secondary N) is 1. The number of ether oxygens (including phenoxy) is 2. The van der Waals surface area contributed by atoms with E-state index in [2.05, 4.69) is 4.98 Å². The first-order valence-corrected chi connectivity index (χ1v) is 7.69. The number of hydrogen-bond acceptors (Lipinski definition) is 10. The smallest absolute Gasteiger partial charge is 0.351 e. The molecule has 25 heavy (non-hydrogen) atoms. The van der Waals surface area contributed by atoms with Gasteiger partial charge in [-0.05, 0) is 12.0 Å². The fourth-order valence-electron chi connectivity index (χ4n) is 2.30. The molecule has 0 radical (unpaired) electrons. The second-order valence-electron chi connectivity index (χ2n) is 6.06. The van der Waals surface area contributed by atoms with Gasteiger partial charge < -0.3 is 25.4 Å². The average Bonchev–Trinajstić information content (AvgIpc) is 2.86. The number of carbonyl (C=O) groups is 1. The topological polar surface area (TPSA) is 169 Å². The summed E-state index contributed by atoms with van der Waals surface area (Å²) in [5, 5.41) is 28.9. The van der Waals surface area contributed by atoms with E-state index in [-0.39, 0.29) is 18.3 Å². The van der Waals surface area contributed by atoms with Gasteiger partial charge in [0.05, 0.1) is 0 Å². The Hall–Kier alpha value is -2.05. The molecule has 2 heterocycles. The van der Waals surface area contributed by atoms with Crippen LogP contribution in [0, 0.1) is 5.92 Å². The van der Waals surface area contributed by atoms with Crippen LogP contribution in [-0.4, -0.2) is 61.9 Å². The SMILES string of the molecule is CC(C)C(N)C(=O)OC[C@H]1O[C@@H](n2ccc(NO)nc2=O)[C@H](O)[C@@H]1O. The van der Waals surface area contributed by atoms with Crippen LogP contribution in [0.5, 0.6) is 0 Å². The molecule has 1 unspecified atom stereocenters. The molecule has 0 saturated carbocycles. The molecule has 1 fully saturated rings. The van der Waals surface area contributed by atoms with Crippen molar-refractivity contribution in [1.82, 2.24) is 9.55 Å². The number of nitrogens with zero attached hydrogens (tertiary/aromatic N) is 2. The lowest BCUT2D eigenvalue weighted by molar-refractivity contribution is -0.152. The number of aliphatic hydroxyl groups is 2. The Bertz CT molecular complexity index is 665. The molecule has 0 aliphatic carbocycles. The van der Waals surface area contributed by atoms with Gasteiger partial charge in [-0.15, -0.1) is 0 Å². The number of anilines is 1. The van der Waals surface area contributed by atoms with E-state index in [9.17, 15) is 19.8 Å². The van der Waals surface area contributed by atoms with Crippen LogP contribution in [0.15, 0.2) is 17.1 Å². The molecule has 0 bridgehead atoms. The quantitative estimate of drug-likeness (QED) is 0.288. The highest BCUT2D eigenvalue weighted by Crippen LogP contribution is 2.28. The van der Waals surface area contributed by atoms with Crippen molar-refractivity contribution in [2.45, 2.75) is 44.4 Å². The van der Waals surface area contributed by atoms with Crippen molar-refractivity contribution in [2.24, 2.45) is 11.7 Å². The summed E-state index contributed by atoms with van der Waals surface area (Å²) in [6, 6.07) is 0.461. The van der Waals surface area contributed by atoms with Crippen LogP contribution in [0.1, 0.15) is 20.1 Å². The van der Waals surface area contributed by atoms with E-state index >= 15 is 0 Å². The first kappa shape index (κ1) is 19.3. The van der Waals surface area contributed by atoms with Crippen LogP contribution in [-0.2, 0) is 14.3 Å². The average molecular weight is 358 g/mol. The van der Waals surface area contributed by atoms with Gasteiger partial charge in [-0.3, -0.25) is 20.0 Å². The zero-order chi connectivity index (χ0) is 18.7. The lowest BCUT2D eigenvalue weighted by atomic mass is 10.1. The highest BCUT2D eigenvalue weighted by Gasteiger charge is 2.44. The molecule has 1 saturated heterocycles. The number of aliphatic hydroxyl groups excluding tert-OH is 2. The molecule has 140 valence electrons. The summed E-state index contributed by atoms with van der Waals surface area (Å²) in [4.78, 5) is 27.2. The van der Waals surface area contributed by atoms with Gasteiger partial charge >= 0.3 is 11.7 Å².